The number of hydrogen-bond acceptors (Lipinski definition) is 6. The Morgan fingerprint density at radius 2 is 1.88 bits per heavy atom. The van der Waals surface area contributed by atoms with Gasteiger partial charge >= 0.3 is 6.18 Å². The zero-order valence-electron chi connectivity index (χ0n) is 18.1. The van der Waals surface area contributed by atoms with Crippen LogP contribution in [-0.2, 0) is 17.8 Å². The molecule has 0 fully saturated rings. The fourth-order valence-corrected chi connectivity index (χ4v) is 2.59. The number of anilines is 1. The summed E-state index contributed by atoms with van der Waals surface area (Å²) < 4.78 is 41.9. The molecule has 0 aliphatic rings. The molecular formula is C21H25F3N4O4. The molecule has 0 unspecified atom stereocenters. The standard InChI is InChI=1S/C21H25F3N4O4/c1-5-14-7-13(10-26-18(14)32-11-21(22,23)24)9-25-17(29)15-6-12(2)27-16(8-15)28-19(30)20(3,4)31/h6-8,10,31H,5,9,11H2,1-4H3,(H,25,29)(H,27,28,30). The Kier molecular flexibility index (Phi) is 7.78. The van der Waals surface area contributed by atoms with Crippen molar-refractivity contribution in [1.29, 1.82) is 0 Å². The maximum absolute atomic E-state index is 12.6. The Labute approximate surface area is 183 Å². The van der Waals surface area contributed by atoms with Crippen LogP contribution in [0.1, 0.15) is 48.0 Å². The molecule has 0 saturated carbocycles. The van der Waals surface area contributed by atoms with Gasteiger partial charge in [0.15, 0.2) is 6.61 Å². The first-order valence-corrected chi connectivity index (χ1v) is 9.76. The van der Waals surface area contributed by atoms with Gasteiger partial charge in [0.2, 0.25) is 5.88 Å². The van der Waals surface area contributed by atoms with Gasteiger partial charge in [0.1, 0.15) is 11.4 Å². The lowest BCUT2D eigenvalue weighted by molar-refractivity contribution is -0.154. The molecule has 2 aromatic rings. The van der Waals surface area contributed by atoms with E-state index < -0.39 is 30.2 Å². The number of carbonyl (C=O) groups is 2. The van der Waals surface area contributed by atoms with Gasteiger partial charge in [-0.2, -0.15) is 13.2 Å². The summed E-state index contributed by atoms with van der Waals surface area (Å²) >= 11 is 0. The first-order chi connectivity index (χ1) is 14.8. The van der Waals surface area contributed by atoms with Gasteiger partial charge in [-0.3, -0.25) is 9.59 Å². The molecule has 0 atom stereocenters. The van der Waals surface area contributed by atoms with E-state index in [2.05, 4.69) is 20.6 Å². The second-order valence-electron chi connectivity index (χ2n) is 7.64. The van der Waals surface area contributed by atoms with E-state index in [0.717, 1.165) is 0 Å². The minimum Gasteiger partial charge on any atom is -0.468 e. The van der Waals surface area contributed by atoms with E-state index in [1.165, 1.54) is 32.2 Å². The largest absolute Gasteiger partial charge is 0.468 e. The number of pyridine rings is 2. The highest BCUT2D eigenvalue weighted by atomic mass is 19.4. The van der Waals surface area contributed by atoms with Crippen LogP contribution in [0.3, 0.4) is 0 Å². The smallest absolute Gasteiger partial charge is 0.422 e. The monoisotopic (exact) mass is 454 g/mol. The summed E-state index contributed by atoms with van der Waals surface area (Å²) in [5.41, 5.74) is 0.156. The summed E-state index contributed by atoms with van der Waals surface area (Å²) in [6.07, 6.45) is -2.74. The van der Waals surface area contributed by atoms with Gasteiger partial charge in [0, 0.05) is 29.6 Å². The van der Waals surface area contributed by atoms with Crippen molar-refractivity contribution in [2.75, 3.05) is 11.9 Å². The fourth-order valence-electron chi connectivity index (χ4n) is 2.59. The number of carbonyl (C=O) groups excluding carboxylic acids is 2. The quantitative estimate of drug-likeness (QED) is 0.565. The van der Waals surface area contributed by atoms with Crippen molar-refractivity contribution in [3.8, 4) is 5.88 Å². The summed E-state index contributed by atoms with van der Waals surface area (Å²) in [4.78, 5) is 32.6. The van der Waals surface area contributed by atoms with Crippen LogP contribution in [-0.4, -0.2) is 45.3 Å². The Morgan fingerprint density at radius 3 is 2.47 bits per heavy atom. The maximum atomic E-state index is 12.6. The van der Waals surface area contributed by atoms with Crippen molar-refractivity contribution in [2.24, 2.45) is 0 Å². The molecule has 0 bridgehead atoms. The SMILES string of the molecule is CCc1cc(CNC(=O)c2cc(C)nc(NC(=O)C(C)(C)O)c2)cnc1OCC(F)(F)F. The maximum Gasteiger partial charge on any atom is 0.422 e. The predicted molar refractivity (Wildman–Crippen MR) is 110 cm³/mol. The van der Waals surface area contributed by atoms with Crippen LogP contribution >= 0.6 is 0 Å². The number of hydrogen-bond donors (Lipinski definition) is 3. The van der Waals surface area contributed by atoms with E-state index in [0.29, 0.717) is 23.2 Å². The number of alkyl halides is 3. The van der Waals surface area contributed by atoms with Gasteiger partial charge in [0.25, 0.3) is 11.8 Å². The average molecular weight is 454 g/mol. The van der Waals surface area contributed by atoms with Crippen molar-refractivity contribution in [1.82, 2.24) is 15.3 Å². The zero-order valence-corrected chi connectivity index (χ0v) is 18.1. The molecule has 2 amide bonds. The Bertz CT molecular complexity index is 988. The average Bonchev–Trinajstić information content (AvgIpc) is 2.68. The number of ether oxygens (including phenoxy) is 1. The minimum absolute atomic E-state index is 0.0745. The summed E-state index contributed by atoms with van der Waals surface area (Å²) in [6, 6.07) is 4.51. The highest BCUT2D eigenvalue weighted by molar-refractivity contribution is 5.98. The number of nitrogens with one attached hydrogen (secondary N) is 2. The van der Waals surface area contributed by atoms with E-state index in [1.54, 1.807) is 19.9 Å². The van der Waals surface area contributed by atoms with Gasteiger partial charge in [-0.05, 0) is 51.0 Å². The van der Waals surface area contributed by atoms with E-state index >= 15 is 0 Å². The van der Waals surface area contributed by atoms with Crippen LogP contribution in [0, 0.1) is 6.92 Å². The molecule has 0 saturated heterocycles. The van der Waals surface area contributed by atoms with Crippen molar-refractivity contribution in [3.05, 3.63) is 46.8 Å². The number of nitrogens with zero attached hydrogens (tertiary/aromatic N) is 2. The molecule has 174 valence electrons. The summed E-state index contributed by atoms with van der Waals surface area (Å²) in [5.74, 6) is -1.11. The fraction of sp³-hybridized carbons (Fsp3) is 0.429. The highest BCUT2D eigenvalue weighted by Gasteiger charge is 2.29. The van der Waals surface area contributed by atoms with Crippen LogP contribution in [0.4, 0.5) is 19.0 Å². The molecule has 2 rings (SSSR count). The van der Waals surface area contributed by atoms with Gasteiger partial charge < -0.3 is 20.5 Å². The Hall–Kier alpha value is -3.21. The molecule has 2 aromatic heterocycles. The highest BCUT2D eigenvalue weighted by Crippen LogP contribution is 2.21. The van der Waals surface area contributed by atoms with Gasteiger partial charge in [-0.25, -0.2) is 9.97 Å². The summed E-state index contributed by atoms with van der Waals surface area (Å²) in [5, 5.41) is 14.9. The molecule has 0 aromatic carbocycles. The van der Waals surface area contributed by atoms with Gasteiger partial charge in [-0.15, -0.1) is 0 Å². The van der Waals surface area contributed by atoms with Crippen LogP contribution in [0.15, 0.2) is 24.4 Å². The third-order valence-corrected chi connectivity index (χ3v) is 4.20. The van der Waals surface area contributed by atoms with Gasteiger partial charge in [-0.1, -0.05) is 6.92 Å². The lowest BCUT2D eigenvalue weighted by atomic mass is 10.1. The van der Waals surface area contributed by atoms with Crippen LogP contribution in [0.25, 0.3) is 0 Å². The molecular weight excluding hydrogens is 429 g/mol. The number of halogens is 3. The topological polar surface area (TPSA) is 113 Å². The molecule has 32 heavy (non-hydrogen) atoms. The van der Waals surface area contributed by atoms with E-state index in [-0.39, 0.29) is 23.8 Å². The molecule has 0 aliphatic heterocycles. The predicted octanol–water partition coefficient (Wildman–Crippen LogP) is 2.93. The molecule has 11 heteroatoms. The Balaban J connectivity index is 2.08. The normalized spacial score (nSPS) is 11.8. The van der Waals surface area contributed by atoms with Crippen LogP contribution < -0.4 is 15.4 Å². The molecule has 3 N–H and O–H groups in total. The second kappa shape index (κ2) is 9.94. The van der Waals surface area contributed by atoms with Crippen molar-refractivity contribution in [2.45, 2.75) is 52.4 Å². The third-order valence-electron chi connectivity index (χ3n) is 4.20. The third kappa shape index (κ3) is 7.49. The van der Waals surface area contributed by atoms with Gasteiger partial charge in [0.05, 0.1) is 0 Å². The van der Waals surface area contributed by atoms with Crippen molar-refractivity contribution >= 4 is 17.6 Å². The molecule has 0 aliphatic carbocycles. The Morgan fingerprint density at radius 1 is 1.19 bits per heavy atom. The van der Waals surface area contributed by atoms with E-state index in [1.807, 2.05) is 0 Å². The number of aliphatic hydroxyl groups is 1. The first kappa shape index (κ1) is 25.1. The molecule has 8 nitrogen and oxygen atoms in total. The second-order valence-corrected chi connectivity index (χ2v) is 7.64. The first-order valence-electron chi connectivity index (χ1n) is 9.76. The lowest BCUT2D eigenvalue weighted by Crippen LogP contribution is -2.37. The summed E-state index contributed by atoms with van der Waals surface area (Å²) in [6.45, 7) is 4.69. The van der Waals surface area contributed by atoms with E-state index in [9.17, 15) is 27.9 Å². The molecule has 0 radical (unpaired) electrons. The van der Waals surface area contributed by atoms with Crippen molar-refractivity contribution in [3.63, 3.8) is 0 Å². The molecule has 2 heterocycles. The number of aromatic nitrogens is 2. The minimum atomic E-state index is -4.47. The number of aryl methyl sites for hydroxylation is 2. The van der Waals surface area contributed by atoms with Crippen LogP contribution in [0.5, 0.6) is 5.88 Å². The van der Waals surface area contributed by atoms with Crippen molar-refractivity contribution < 1.29 is 32.6 Å². The van der Waals surface area contributed by atoms with E-state index in [4.69, 9.17) is 4.74 Å². The lowest BCUT2D eigenvalue weighted by Gasteiger charge is -2.17. The summed E-state index contributed by atoms with van der Waals surface area (Å²) in [7, 11) is 0. The van der Waals surface area contributed by atoms with Crippen LogP contribution in [0.2, 0.25) is 0 Å². The molecule has 0 spiro atoms. The number of amides is 2. The number of rotatable bonds is 8. The zero-order chi connectivity index (χ0) is 24.1.